The smallest absolute Gasteiger partial charge is 0.393 e. The summed E-state index contributed by atoms with van der Waals surface area (Å²) < 4.78 is 49.4. The first-order valence-corrected chi connectivity index (χ1v) is 7.46. The Kier molecular flexibility index (Phi) is 5.38. The predicted octanol–water partition coefficient (Wildman–Crippen LogP) is 3.55. The average molecular weight is 331 g/mol. The second-order valence-electron chi connectivity index (χ2n) is 5.58. The van der Waals surface area contributed by atoms with Crippen LogP contribution in [-0.2, 0) is 0 Å². The third kappa shape index (κ3) is 4.09. The van der Waals surface area contributed by atoms with Crippen molar-refractivity contribution in [1.82, 2.24) is 5.32 Å². The first-order valence-electron chi connectivity index (χ1n) is 7.46. The third-order valence-electron chi connectivity index (χ3n) is 4.15. The lowest BCUT2D eigenvalue weighted by molar-refractivity contribution is -0.187. The van der Waals surface area contributed by atoms with Crippen LogP contribution in [0.5, 0.6) is 11.5 Å². The number of nitrogens with one attached hydrogen (secondary N) is 1. The summed E-state index contributed by atoms with van der Waals surface area (Å²) in [7, 11) is 2.90. The highest BCUT2D eigenvalue weighted by Crippen LogP contribution is 2.38. The van der Waals surface area contributed by atoms with Gasteiger partial charge in [-0.3, -0.25) is 4.79 Å². The topological polar surface area (TPSA) is 47.6 Å². The summed E-state index contributed by atoms with van der Waals surface area (Å²) >= 11 is 0. The van der Waals surface area contributed by atoms with Crippen LogP contribution in [0.2, 0.25) is 0 Å². The predicted molar refractivity (Wildman–Crippen MR) is 78.8 cm³/mol. The maximum Gasteiger partial charge on any atom is 0.393 e. The van der Waals surface area contributed by atoms with Crippen LogP contribution in [0.4, 0.5) is 13.2 Å². The van der Waals surface area contributed by atoms with Crippen LogP contribution < -0.4 is 14.8 Å². The van der Waals surface area contributed by atoms with E-state index in [-0.39, 0.29) is 12.0 Å². The fourth-order valence-corrected chi connectivity index (χ4v) is 2.92. The Morgan fingerprint density at radius 1 is 1.13 bits per heavy atom. The Bertz CT molecular complexity index is 560. The minimum Gasteiger partial charge on any atom is -0.493 e. The lowest BCUT2D eigenvalue weighted by Gasteiger charge is -2.33. The highest BCUT2D eigenvalue weighted by atomic mass is 19.4. The maximum atomic E-state index is 13.1. The molecule has 1 aromatic carbocycles. The minimum absolute atomic E-state index is 0.0559. The fraction of sp³-hybridized carbons (Fsp3) is 0.562. The molecule has 1 aliphatic rings. The van der Waals surface area contributed by atoms with Crippen LogP contribution >= 0.6 is 0 Å². The Balaban J connectivity index is 2.14. The van der Waals surface area contributed by atoms with Gasteiger partial charge in [-0.1, -0.05) is 12.8 Å². The number of amides is 1. The molecule has 23 heavy (non-hydrogen) atoms. The van der Waals surface area contributed by atoms with Crippen LogP contribution in [-0.4, -0.2) is 32.3 Å². The summed E-state index contributed by atoms with van der Waals surface area (Å²) in [4.78, 5) is 12.3. The number of ether oxygens (including phenoxy) is 2. The molecule has 1 fully saturated rings. The summed E-state index contributed by atoms with van der Waals surface area (Å²) in [6.07, 6.45) is -2.68. The molecule has 0 spiro atoms. The SMILES string of the molecule is COc1ccc(C(=O)N[C@H]2CCCC[C@@H]2C(F)(F)F)cc1OC. The minimum atomic E-state index is -4.30. The standard InChI is InChI=1S/C16H20F3NO3/c1-22-13-8-7-10(9-14(13)23-2)15(21)20-12-6-4-3-5-11(12)16(17,18)19/h7-9,11-12H,3-6H2,1-2H3,(H,20,21)/t11-,12-/m0/s1. The second kappa shape index (κ2) is 7.10. The van der Waals surface area contributed by atoms with Crippen molar-refractivity contribution in [3.05, 3.63) is 23.8 Å². The summed E-state index contributed by atoms with van der Waals surface area (Å²) in [5, 5.41) is 2.53. The number of halogens is 3. The average Bonchev–Trinajstić information content (AvgIpc) is 2.53. The Labute approximate surface area is 133 Å². The van der Waals surface area contributed by atoms with Gasteiger partial charge in [-0.25, -0.2) is 0 Å². The molecule has 4 nitrogen and oxygen atoms in total. The van der Waals surface area contributed by atoms with Gasteiger partial charge in [-0.05, 0) is 31.0 Å². The monoisotopic (exact) mass is 331 g/mol. The number of benzene rings is 1. The van der Waals surface area contributed by atoms with Crippen LogP contribution in [0.15, 0.2) is 18.2 Å². The molecule has 0 radical (unpaired) electrons. The van der Waals surface area contributed by atoms with Crippen molar-refractivity contribution in [1.29, 1.82) is 0 Å². The van der Waals surface area contributed by atoms with Gasteiger partial charge < -0.3 is 14.8 Å². The van der Waals surface area contributed by atoms with E-state index < -0.39 is 24.0 Å². The summed E-state index contributed by atoms with van der Waals surface area (Å²) in [5.74, 6) is -1.21. The van der Waals surface area contributed by atoms with E-state index in [9.17, 15) is 18.0 Å². The number of hydrogen-bond acceptors (Lipinski definition) is 3. The molecule has 7 heteroatoms. The van der Waals surface area contributed by atoms with E-state index >= 15 is 0 Å². The molecule has 1 amide bonds. The molecule has 1 saturated carbocycles. The molecular formula is C16H20F3NO3. The van der Waals surface area contributed by atoms with E-state index in [0.717, 1.165) is 0 Å². The number of carbonyl (C=O) groups is 1. The lowest BCUT2D eigenvalue weighted by atomic mass is 9.84. The fourth-order valence-electron chi connectivity index (χ4n) is 2.92. The molecule has 2 rings (SSSR count). The number of alkyl halides is 3. The van der Waals surface area contributed by atoms with Crippen molar-refractivity contribution in [2.75, 3.05) is 14.2 Å². The Morgan fingerprint density at radius 2 is 1.78 bits per heavy atom. The van der Waals surface area contributed by atoms with Gasteiger partial charge in [0.25, 0.3) is 5.91 Å². The van der Waals surface area contributed by atoms with Crippen LogP contribution in [0.25, 0.3) is 0 Å². The second-order valence-corrected chi connectivity index (χ2v) is 5.58. The van der Waals surface area contributed by atoms with Crippen molar-refractivity contribution in [2.24, 2.45) is 5.92 Å². The molecule has 0 aromatic heterocycles. The highest BCUT2D eigenvalue weighted by molar-refractivity contribution is 5.95. The van der Waals surface area contributed by atoms with E-state index in [4.69, 9.17) is 9.47 Å². The molecule has 0 heterocycles. The molecule has 1 aromatic rings. The summed E-state index contributed by atoms with van der Waals surface area (Å²) in [5.41, 5.74) is 0.245. The summed E-state index contributed by atoms with van der Waals surface area (Å²) in [6.45, 7) is 0. The van der Waals surface area contributed by atoms with Crippen molar-refractivity contribution in [2.45, 2.75) is 37.9 Å². The number of methoxy groups -OCH3 is 2. The molecule has 2 atom stereocenters. The van der Waals surface area contributed by atoms with Crippen molar-refractivity contribution >= 4 is 5.91 Å². The van der Waals surface area contributed by atoms with Crippen LogP contribution in [0.1, 0.15) is 36.0 Å². The molecular weight excluding hydrogens is 311 g/mol. The number of rotatable bonds is 4. The largest absolute Gasteiger partial charge is 0.493 e. The van der Waals surface area contributed by atoms with Gasteiger partial charge in [0, 0.05) is 11.6 Å². The van der Waals surface area contributed by atoms with E-state index in [1.54, 1.807) is 6.07 Å². The van der Waals surface area contributed by atoms with Gasteiger partial charge >= 0.3 is 6.18 Å². The van der Waals surface area contributed by atoms with Gasteiger partial charge in [-0.15, -0.1) is 0 Å². The van der Waals surface area contributed by atoms with E-state index in [1.165, 1.54) is 26.4 Å². The molecule has 1 N–H and O–H groups in total. The van der Waals surface area contributed by atoms with E-state index in [1.807, 2.05) is 0 Å². The highest BCUT2D eigenvalue weighted by Gasteiger charge is 2.46. The number of carbonyl (C=O) groups excluding carboxylic acids is 1. The quantitative estimate of drug-likeness (QED) is 0.918. The third-order valence-corrected chi connectivity index (χ3v) is 4.15. The first-order chi connectivity index (χ1) is 10.9. The zero-order valence-corrected chi connectivity index (χ0v) is 13.1. The zero-order chi connectivity index (χ0) is 17.0. The van der Waals surface area contributed by atoms with Crippen LogP contribution in [0, 0.1) is 5.92 Å². The van der Waals surface area contributed by atoms with Crippen molar-refractivity contribution in [3.63, 3.8) is 0 Å². The molecule has 0 bridgehead atoms. The molecule has 128 valence electrons. The molecule has 0 saturated heterocycles. The van der Waals surface area contributed by atoms with Crippen molar-refractivity contribution in [3.8, 4) is 11.5 Å². The van der Waals surface area contributed by atoms with Gasteiger partial charge in [-0.2, -0.15) is 13.2 Å². The lowest BCUT2D eigenvalue weighted by Crippen LogP contribution is -2.47. The molecule has 0 aliphatic heterocycles. The summed E-state index contributed by atoms with van der Waals surface area (Å²) in [6, 6.07) is 3.63. The van der Waals surface area contributed by atoms with E-state index in [2.05, 4.69) is 5.32 Å². The van der Waals surface area contributed by atoms with Gasteiger partial charge in [0.05, 0.1) is 20.1 Å². The van der Waals surface area contributed by atoms with Crippen molar-refractivity contribution < 1.29 is 27.4 Å². The molecule has 0 unspecified atom stereocenters. The zero-order valence-electron chi connectivity index (χ0n) is 13.1. The Morgan fingerprint density at radius 3 is 2.39 bits per heavy atom. The first kappa shape index (κ1) is 17.4. The van der Waals surface area contributed by atoms with Crippen LogP contribution in [0.3, 0.4) is 0 Å². The normalized spacial score (nSPS) is 21.6. The number of hydrogen-bond donors (Lipinski definition) is 1. The van der Waals surface area contributed by atoms with Gasteiger partial charge in [0.15, 0.2) is 11.5 Å². The Hall–Kier alpha value is -1.92. The maximum absolute atomic E-state index is 13.1. The van der Waals surface area contributed by atoms with E-state index in [0.29, 0.717) is 30.8 Å². The molecule has 1 aliphatic carbocycles. The van der Waals surface area contributed by atoms with Gasteiger partial charge in [0.1, 0.15) is 0 Å². The van der Waals surface area contributed by atoms with Gasteiger partial charge in [0.2, 0.25) is 0 Å².